The van der Waals surface area contributed by atoms with E-state index in [1.807, 2.05) is 34.6 Å². The lowest BCUT2D eigenvalue weighted by molar-refractivity contribution is 0.00701. The molecule has 1 aliphatic rings. The smallest absolute Gasteiger partial charge is 0.410 e. The first-order valence-corrected chi connectivity index (χ1v) is 9.58. The lowest BCUT2D eigenvalue weighted by atomic mass is 10.1. The molecule has 0 radical (unpaired) electrons. The molecule has 26 heavy (non-hydrogen) atoms. The Balaban J connectivity index is 0.00000338. The summed E-state index contributed by atoms with van der Waals surface area (Å²) < 4.78 is 5.37. The molecule has 0 saturated carbocycles. The quantitative estimate of drug-likeness (QED) is 0.373. The summed E-state index contributed by atoms with van der Waals surface area (Å²) in [4.78, 5) is 22.7. The lowest BCUT2D eigenvalue weighted by Crippen LogP contribution is -2.63. The molecule has 9 heteroatoms. The van der Waals surface area contributed by atoms with Gasteiger partial charge in [-0.05, 0) is 34.6 Å². The number of thiazole rings is 1. The molecular formula is C17H30IN5O2S. The van der Waals surface area contributed by atoms with Crippen LogP contribution in [0.4, 0.5) is 4.79 Å². The second-order valence-electron chi connectivity index (χ2n) is 7.10. The topological polar surface area (TPSA) is 78.9 Å². The molecule has 0 aliphatic carbocycles. The van der Waals surface area contributed by atoms with E-state index in [-0.39, 0.29) is 36.1 Å². The summed E-state index contributed by atoms with van der Waals surface area (Å²) in [7, 11) is 0. The molecule has 1 aromatic rings. The van der Waals surface area contributed by atoms with Crippen molar-refractivity contribution in [2.45, 2.75) is 52.7 Å². The number of carbonyl (C=O) groups excluding carboxylic acids is 1. The number of amides is 1. The molecular weight excluding hydrogens is 465 g/mol. The van der Waals surface area contributed by atoms with E-state index < -0.39 is 5.60 Å². The Morgan fingerprint density at radius 1 is 1.46 bits per heavy atom. The second kappa shape index (κ2) is 10.3. The summed E-state index contributed by atoms with van der Waals surface area (Å²) in [6, 6.07) is 0.201. The number of nitrogens with one attached hydrogen (secondary N) is 2. The second-order valence-corrected chi connectivity index (χ2v) is 8.16. The Kier molecular flexibility index (Phi) is 9.08. The number of hydrogen-bond donors (Lipinski definition) is 2. The Morgan fingerprint density at radius 3 is 2.69 bits per heavy atom. The van der Waals surface area contributed by atoms with Crippen LogP contribution in [-0.2, 0) is 11.2 Å². The summed E-state index contributed by atoms with van der Waals surface area (Å²) >= 11 is 1.66. The van der Waals surface area contributed by atoms with E-state index in [4.69, 9.17) is 4.74 Å². The van der Waals surface area contributed by atoms with Gasteiger partial charge in [0, 0.05) is 38.0 Å². The highest BCUT2D eigenvalue weighted by molar-refractivity contribution is 14.0. The third kappa shape index (κ3) is 7.65. The number of hydrogen-bond acceptors (Lipinski definition) is 5. The zero-order chi connectivity index (χ0) is 18.4. The van der Waals surface area contributed by atoms with Crippen LogP contribution in [0.25, 0.3) is 0 Å². The van der Waals surface area contributed by atoms with Crippen molar-refractivity contribution in [1.82, 2.24) is 20.5 Å². The molecule has 1 saturated heterocycles. The van der Waals surface area contributed by atoms with Gasteiger partial charge in [-0.3, -0.25) is 4.99 Å². The van der Waals surface area contributed by atoms with Crippen LogP contribution in [0, 0.1) is 6.92 Å². The van der Waals surface area contributed by atoms with Crippen LogP contribution in [0.2, 0.25) is 0 Å². The van der Waals surface area contributed by atoms with Gasteiger partial charge >= 0.3 is 6.09 Å². The first kappa shape index (κ1) is 22.9. The molecule has 0 bridgehead atoms. The molecule has 1 fully saturated rings. The van der Waals surface area contributed by atoms with Crippen LogP contribution in [0.1, 0.15) is 38.4 Å². The number of ether oxygens (including phenoxy) is 1. The molecule has 0 spiro atoms. The van der Waals surface area contributed by atoms with Crippen molar-refractivity contribution in [3.05, 3.63) is 16.1 Å². The van der Waals surface area contributed by atoms with Gasteiger partial charge in [-0.1, -0.05) is 0 Å². The van der Waals surface area contributed by atoms with E-state index >= 15 is 0 Å². The molecule has 2 rings (SSSR count). The third-order valence-electron chi connectivity index (χ3n) is 3.52. The molecule has 0 aromatic carbocycles. The minimum atomic E-state index is -0.458. The van der Waals surface area contributed by atoms with Gasteiger partial charge in [-0.15, -0.1) is 35.3 Å². The van der Waals surface area contributed by atoms with Gasteiger partial charge in [0.05, 0.1) is 16.7 Å². The standard InChI is InChI=1S/C17H29N5O2S.HI/c1-6-18-15(19-8-7-13-11-25-12(2)20-13)21-14-9-22(10-14)16(23)24-17(3,4)5;/h11,14H,6-10H2,1-5H3,(H2,18,19,21);1H. The van der Waals surface area contributed by atoms with Crippen molar-refractivity contribution in [3.8, 4) is 0 Å². The van der Waals surface area contributed by atoms with Crippen molar-refractivity contribution in [3.63, 3.8) is 0 Å². The maximum Gasteiger partial charge on any atom is 0.410 e. The zero-order valence-corrected chi connectivity index (χ0v) is 19.3. The largest absolute Gasteiger partial charge is 0.444 e. The van der Waals surface area contributed by atoms with Crippen molar-refractivity contribution in [2.24, 2.45) is 4.99 Å². The molecule has 1 amide bonds. The minimum absolute atomic E-state index is 0. The summed E-state index contributed by atoms with van der Waals surface area (Å²) in [5.41, 5.74) is 0.627. The maximum atomic E-state index is 12.0. The fourth-order valence-electron chi connectivity index (χ4n) is 2.36. The predicted octanol–water partition coefficient (Wildman–Crippen LogP) is 2.79. The lowest BCUT2D eigenvalue weighted by Gasteiger charge is -2.40. The number of halogens is 1. The normalized spacial score (nSPS) is 15.1. The van der Waals surface area contributed by atoms with Crippen LogP contribution in [0.5, 0.6) is 0 Å². The van der Waals surface area contributed by atoms with E-state index in [1.54, 1.807) is 16.2 Å². The van der Waals surface area contributed by atoms with Crippen molar-refractivity contribution in [2.75, 3.05) is 26.2 Å². The Hall–Kier alpha value is -1.10. The van der Waals surface area contributed by atoms with Crippen LogP contribution < -0.4 is 10.6 Å². The summed E-state index contributed by atoms with van der Waals surface area (Å²) in [6.07, 6.45) is 0.571. The van der Waals surface area contributed by atoms with Crippen LogP contribution in [0.15, 0.2) is 10.4 Å². The molecule has 0 unspecified atom stereocenters. The number of rotatable bonds is 5. The van der Waals surface area contributed by atoms with Gasteiger partial charge in [0.2, 0.25) is 0 Å². The fraction of sp³-hybridized carbons (Fsp3) is 0.706. The number of carbonyl (C=O) groups is 1. The monoisotopic (exact) mass is 495 g/mol. The number of aryl methyl sites for hydroxylation is 1. The van der Waals surface area contributed by atoms with Crippen LogP contribution >= 0.6 is 35.3 Å². The SMILES string of the molecule is CCNC(=NCCc1csc(C)n1)NC1CN(C(=O)OC(C)(C)C)C1.I. The van der Waals surface area contributed by atoms with E-state index in [2.05, 4.69) is 26.0 Å². The Labute approximate surface area is 177 Å². The average Bonchev–Trinajstić information content (AvgIpc) is 2.85. The molecule has 2 heterocycles. The summed E-state index contributed by atoms with van der Waals surface area (Å²) in [5, 5.41) is 9.77. The first-order chi connectivity index (χ1) is 11.8. The van der Waals surface area contributed by atoms with Gasteiger partial charge < -0.3 is 20.3 Å². The number of aromatic nitrogens is 1. The number of likely N-dealkylation sites (tertiary alicyclic amines) is 1. The van der Waals surface area contributed by atoms with E-state index in [0.29, 0.717) is 19.6 Å². The Morgan fingerprint density at radius 2 is 2.15 bits per heavy atom. The molecule has 148 valence electrons. The first-order valence-electron chi connectivity index (χ1n) is 8.70. The third-order valence-corrected chi connectivity index (χ3v) is 4.35. The molecule has 7 nitrogen and oxygen atoms in total. The van der Waals surface area contributed by atoms with Crippen LogP contribution in [-0.4, -0.2) is 59.8 Å². The predicted molar refractivity (Wildman–Crippen MR) is 117 cm³/mol. The van der Waals surface area contributed by atoms with Gasteiger partial charge in [0.15, 0.2) is 5.96 Å². The average molecular weight is 495 g/mol. The number of aliphatic imine (C=N–C) groups is 1. The minimum Gasteiger partial charge on any atom is -0.444 e. The molecule has 2 N–H and O–H groups in total. The van der Waals surface area contributed by atoms with E-state index in [9.17, 15) is 4.79 Å². The van der Waals surface area contributed by atoms with Crippen molar-refractivity contribution < 1.29 is 9.53 Å². The highest BCUT2D eigenvalue weighted by Gasteiger charge is 2.34. The van der Waals surface area contributed by atoms with Crippen molar-refractivity contribution in [1.29, 1.82) is 0 Å². The van der Waals surface area contributed by atoms with Gasteiger partial charge in [0.25, 0.3) is 0 Å². The number of guanidine groups is 1. The molecule has 0 atom stereocenters. The summed E-state index contributed by atoms with van der Waals surface area (Å²) in [5.74, 6) is 0.781. The molecule has 1 aromatic heterocycles. The van der Waals surface area contributed by atoms with E-state index in [0.717, 1.165) is 29.6 Å². The summed E-state index contributed by atoms with van der Waals surface area (Å²) in [6.45, 7) is 12.4. The van der Waals surface area contributed by atoms with Crippen LogP contribution in [0.3, 0.4) is 0 Å². The van der Waals surface area contributed by atoms with Crippen molar-refractivity contribution >= 4 is 47.4 Å². The van der Waals surface area contributed by atoms with E-state index in [1.165, 1.54) is 0 Å². The highest BCUT2D eigenvalue weighted by Crippen LogP contribution is 2.15. The highest BCUT2D eigenvalue weighted by atomic mass is 127. The van der Waals surface area contributed by atoms with Gasteiger partial charge in [-0.25, -0.2) is 9.78 Å². The zero-order valence-electron chi connectivity index (χ0n) is 16.2. The maximum absolute atomic E-state index is 12.0. The fourth-order valence-corrected chi connectivity index (χ4v) is 3.01. The van der Waals surface area contributed by atoms with Gasteiger partial charge in [0.1, 0.15) is 5.60 Å². The Bertz CT molecular complexity index is 609. The van der Waals surface area contributed by atoms with Gasteiger partial charge in [-0.2, -0.15) is 0 Å². The molecule has 1 aliphatic heterocycles. The number of nitrogens with zero attached hydrogens (tertiary/aromatic N) is 3.